The minimum atomic E-state index is -4.22. The van der Waals surface area contributed by atoms with E-state index in [1.165, 1.54) is 4.90 Å². The van der Waals surface area contributed by atoms with Crippen molar-refractivity contribution in [1.82, 2.24) is 14.9 Å². The fourth-order valence-corrected chi connectivity index (χ4v) is 6.27. The van der Waals surface area contributed by atoms with Crippen molar-refractivity contribution >= 4 is 35.0 Å². The van der Waals surface area contributed by atoms with Crippen LogP contribution in [0.4, 0.5) is 13.2 Å². The van der Waals surface area contributed by atoms with Crippen molar-refractivity contribution in [2.24, 2.45) is 5.92 Å². The van der Waals surface area contributed by atoms with Crippen LogP contribution in [0.3, 0.4) is 0 Å². The number of likely N-dealkylation sites (tertiary alicyclic amines) is 1. The highest BCUT2D eigenvalue weighted by Crippen LogP contribution is 2.36. The summed E-state index contributed by atoms with van der Waals surface area (Å²) in [7, 11) is 0. The van der Waals surface area contributed by atoms with Gasteiger partial charge in [0.15, 0.2) is 0 Å². The topological polar surface area (TPSA) is 53.1 Å². The van der Waals surface area contributed by atoms with Gasteiger partial charge >= 0.3 is 6.18 Å². The quantitative estimate of drug-likeness (QED) is 0.442. The van der Waals surface area contributed by atoms with Crippen LogP contribution in [0.2, 0.25) is 10.0 Å². The van der Waals surface area contributed by atoms with Crippen LogP contribution in [0.5, 0.6) is 0 Å². The van der Waals surface area contributed by atoms with Crippen molar-refractivity contribution in [2.45, 2.75) is 44.3 Å². The Morgan fingerprint density at radius 3 is 2.23 bits per heavy atom. The zero-order chi connectivity index (χ0) is 27.7. The highest BCUT2D eigenvalue weighted by atomic mass is 35.5. The third-order valence-corrected chi connectivity index (χ3v) is 8.52. The Morgan fingerprint density at radius 1 is 0.974 bits per heavy atom. The standard InChI is InChI=1S/C28H30Cl2F3N3O3/c29-24-14-20(15-25(30)23(24)16-22-17-39-13-12-35(22)36-9-1-2-26(36)37)18-3-5-19(6-4-18)27(38)34-10-7-21(8-11-34)28(31,32)33/h3-6,14-15,21-22H,1-2,7-13,16-17H2/t22-/m1/s1. The Hall–Kier alpha value is -2.33. The van der Waals surface area contributed by atoms with E-state index in [1.54, 1.807) is 24.3 Å². The lowest BCUT2D eigenvalue weighted by atomic mass is 9.95. The smallest absolute Gasteiger partial charge is 0.378 e. The van der Waals surface area contributed by atoms with Crippen LogP contribution < -0.4 is 0 Å². The van der Waals surface area contributed by atoms with Gasteiger partial charge in [0.1, 0.15) is 0 Å². The van der Waals surface area contributed by atoms with Gasteiger partial charge in [0.05, 0.1) is 25.2 Å². The van der Waals surface area contributed by atoms with Gasteiger partial charge in [-0.1, -0.05) is 35.3 Å². The first kappa shape index (κ1) is 28.2. The molecule has 0 N–H and O–H groups in total. The molecule has 3 heterocycles. The summed E-state index contributed by atoms with van der Waals surface area (Å²) >= 11 is 13.4. The molecule has 210 valence electrons. The van der Waals surface area contributed by atoms with Gasteiger partial charge < -0.3 is 9.64 Å². The summed E-state index contributed by atoms with van der Waals surface area (Å²) in [5.74, 6) is -1.50. The average Bonchev–Trinajstić information content (AvgIpc) is 3.35. The third-order valence-electron chi connectivity index (χ3n) is 7.85. The maximum atomic E-state index is 12.9. The summed E-state index contributed by atoms with van der Waals surface area (Å²) in [6.07, 6.45) is -2.43. The molecule has 0 saturated carbocycles. The van der Waals surface area contributed by atoms with Crippen molar-refractivity contribution in [3.05, 3.63) is 57.6 Å². The summed E-state index contributed by atoms with van der Waals surface area (Å²) < 4.78 is 44.5. The van der Waals surface area contributed by atoms with E-state index in [0.717, 1.165) is 23.1 Å². The number of hydrazine groups is 1. The number of piperidine rings is 1. The Morgan fingerprint density at radius 2 is 1.64 bits per heavy atom. The van der Waals surface area contributed by atoms with Gasteiger partial charge in [-0.2, -0.15) is 13.2 Å². The molecule has 39 heavy (non-hydrogen) atoms. The lowest BCUT2D eigenvalue weighted by Gasteiger charge is -2.41. The summed E-state index contributed by atoms with van der Waals surface area (Å²) in [6.45, 7) is 2.56. The molecule has 2 aromatic rings. The van der Waals surface area contributed by atoms with Crippen molar-refractivity contribution in [3.63, 3.8) is 0 Å². The lowest BCUT2D eigenvalue weighted by molar-refractivity contribution is -0.183. The van der Waals surface area contributed by atoms with Crippen LogP contribution in [0.15, 0.2) is 36.4 Å². The highest BCUT2D eigenvalue weighted by molar-refractivity contribution is 6.36. The molecule has 0 bridgehead atoms. The highest BCUT2D eigenvalue weighted by Gasteiger charge is 2.41. The van der Waals surface area contributed by atoms with E-state index in [9.17, 15) is 22.8 Å². The number of alkyl halides is 3. The number of ether oxygens (including phenoxy) is 1. The predicted molar refractivity (Wildman–Crippen MR) is 143 cm³/mol. The predicted octanol–water partition coefficient (Wildman–Crippen LogP) is 5.86. The fourth-order valence-electron chi connectivity index (χ4n) is 5.63. The molecule has 3 saturated heterocycles. The number of carbonyl (C=O) groups excluding carboxylic acids is 2. The van der Waals surface area contributed by atoms with E-state index in [2.05, 4.69) is 5.01 Å². The van der Waals surface area contributed by atoms with Crippen molar-refractivity contribution in [2.75, 3.05) is 39.4 Å². The van der Waals surface area contributed by atoms with Gasteiger partial charge in [-0.15, -0.1) is 0 Å². The number of rotatable bonds is 5. The Labute approximate surface area is 235 Å². The van der Waals surface area contributed by atoms with Gasteiger partial charge in [0.2, 0.25) is 5.91 Å². The summed E-state index contributed by atoms with van der Waals surface area (Å²) in [4.78, 5) is 26.7. The van der Waals surface area contributed by atoms with Crippen LogP contribution in [-0.4, -0.2) is 78.3 Å². The molecule has 3 fully saturated rings. The minimum absolute atomic E-state index is 0.0619. The van der Waals surface area contributed by atoms with Crippen molar-refractivity contribution < 1.29 is 27.5 Å². The molecule has 2 aromatic carbocycles. The molecule has 3 aliphatic rings. The second-order valence-corrected chi connectivity index (χ2v) is 11.1. The number of amides is 2. The molecule has 0 radical (unpaired) electrons. The molecule has 0 aromatic heterocycles. The molecule has 3 aliphatic heterocycles. The normalized spacial score (nSPS) is 21.6. The number of carbonyl (C=O) groups is 2. The number of nitrogens with zero attached hydrogens (tertiary/aromatic N) is 3. The molecule has 2 amide bonds. The molecule has 0 spiro atoms. The second-order valence-electron chi connectivity index (χ2n) is 10.3. The lowest BCUT2D eigenvalue weighted by Crippen LogP contribution is -2.56. The molecular formula is C28H30Cl2F3N3O3. The number of hydrogen-bond acceptors (Lipinski definition) is 4. The van der Waals surface area contributed by atoms with E-state index in [-0.39, 0.29) is 43.8 Å². The molecule has 11 heteroatoms. The van der Waals surface area contributed by atoms with Crippen LogP contribution >= 0.6 is 23.2 Å². The van der Waals surface area contributed by atoms with Gasteiger partial charge in [0, 0.05) is 48.2 Å². The second kappa shape index (κ2) is 11.6. The average molecular weight is 584 g/mol. The van der Waals surface area contributed by atoms with Crippen LogP contribution in [0, 0.1) is 5.92 Å². The third kappa shape index (κ3) is 6.21. The van der Waals surface area contributed by atoms with E-state index in [4.69, 9.17) is 27.9 Å². The largest absolute Gasteiger partial charge is 0.391 e. The zero-order valence-corrected chi connectivity index (χ0v) is 22.9. The minimum Gasteiger partial charge on any atom is -0.378 e. The van der Waals surface area contributed by atoms with E-state index in [0.29, 0.717) is 54.8 Å². The van der Waals surface area contributed by atoms with Crippen LogP contribution in [0.1, 0.15) is 41.6 Å². The molecule has 5 rings (SSSR count). The van der Waals surface area contributed by atoms with Crippen LogP contribution in [-0.2, 0) is 16.0 Å². The van der Waals surface area contributed by atoms with Gasteiger partial charge in [-0.3, -0.25) is 14.6 Å². The summed E-state index contributed by atoms with van der Waals surface area (Å²) in [5.41, 5.74) is 2.79. The van der Waals surface area contributed by atoms with Gasteiger partial charge in [0.25, 0.3) is 5.91 Å². The summed E-state index contributed by atoms with van der Waals surface area (Å²) in [5, 5.41) is 4.91. The molecule has 1 atom stereocenters. The van der Waals surface area contributed by atoms with E-state index >= 15 is 0 Å². The van der Waals surface area contributed by atoms with E-state index < -0.39 is 12.1 Å². The van der Waals surface area contributed by atoms with Gasteiger partial charge in [-0.25, -0.2) is 5.01 Å². The Balaban J connectivity index is 1.27. The monoisotopic (exact) mass is 583 g/mol. The number of morpholine rings is 1. The van der Waals surface area contributed by atoms with E-state index in [1.807, 2.05) is 17.1 Å². The summed E-state index contributed by atoms with van der Waals surface area (Å²) in [6, 6.07) is 10.5. The SMILES string of the molecule is O=C(c1ccc(-c2cc(Cl)c(C[C@@H]3COCCN3N3CCCC3=O)c(Cl)c2)cc1)N1CCC(C(F)(F)F)CC1. The first-order valence-electron chi connectivity index (χ1n) is 13.2. The maximum Gasteiger partial charge on any atom is 0.391 e. The molecule has 0 unspecified atom stereocenters. The number of halogens is 5. The maximum absolute atomic E-state index is 12.9. The Bertz CT molecular complexity index is 1190. The fraction of sp³-hybridized carbons (Fsp3) is 0.500. The zero-order valence-electron chi connectivity index (χ0n) is 21.4. The molecular weight excluding hydrogens is 554 g/mol. The first-order valence-corrected chi connectivity index (χ1v) is 14.0. The first-order chi connectivity index (χ1) is 18.6. The van der Waals surface area contributed by atoms with Gasteiger partial charge in [-0.05, 0) is 66.6 Å². The van der Waals surface area contributed by atoms with Crippen LogP contribution in [0.25, 0.3) is 11.1 Å². The number of hydrogen-bond donors (Lipinski definition) is 0. The Kier molecular flexibility index (Phi) is 8.42. The van der Waals surface area contributed by atoms with Crippen molar-refractivity contribution in [1.29, 1.82) is 0 Å². The van der Waals surface area contributed by atoms with Crippen molar-refractivity contribution in [3.8, 4) is 11.1 Å². The number of benzene rings is 2. The molecule has 6 nitrogen and oxygen atoms in total. The molecule has 0 aliphatic carbocycles.